The highest BCUT2D eigenvalue weighted by Crippen LogP contribution is 2.47. The molecule has 1 unspecified atom stereocenters. The van der Waals surface area contributed by atoms with E-state index in [9.17, 15) is 4.79 Å². The van der Waals surface area contributed by atoms with Crippen LogP contribution in [0.15, 0.2) is 30.3 Å². The Morgan fingerprint density at radius 2 is 2.00 bits per heavy atom. The van der Waals surface area contributed by atoms with E-state index in [-0.39, 0.29) is 0 Å². The second kappa shape index (κ2) is 6.70. The Bertz CT molecular complexity index is 853. The summed E-state index contributed by atoms with van der Waals surface area (Å²) in [7, 11) is 2.06. The van der Waals surface area contributed by atoms with Crippen molar-refractivity contribution in [1.82, 2.24) is 20.2 Å². The van der Waals surface area contributed by atoms with Gasteiger partial charge < -0.3 is 0 Å². The third-order valence-electron chi connectivity index (χ3n) is 5.70. The number of nitrogens with zero attached hydrogens (tertiary/aromatic N) is 3. The molecule has 0 radical (unpaired) electrons. The molecule has 0 aliphatic carbocycles. The average molecular weight is 352 g/mol. The van der Waals surface area contributed by atoms with Gasteiger partial charge in [-0.2, -0.15) is 5.10 Å². The van der Waals surface area contributed by atoms with Crippen molar-refractivity contribution in [2.24, 2.45) is 7.05 Å². The number of fused-ring (bicyclic) bond motifs is 3. The lowest BCUT2D eigenvalue weighted by atomic mass is 9.98. The zero-order valence-electron chi connectivity index (χ0n) is 15.1. The first-order valence-electron chi connectivity index (χ1n) is 9.08. The van der Waals surface area contributed by atoms with E-state index in [1.807, 2.05) is 12.1 Å². The van der Waals surface area contributed by atoms with Gasteiger partial charge in [0.1, 0.15) is 0 Å². The molecule has 6 heteroatoms. The number of hydrogen-bond donors (Lipinski definition) is 2. The molecule has 1 amide bonds. The highest BCUT2D eigenvalue weighted by Gasteiger charge is 2.40. The molecule has 1 saturated heterocycles. The number of hydrogen-bond acceptors (Lipinski definition) is 4. The Morgan fingerprint density at radius 1 is 1.27 bits per heavy atom. The molecule has 0 saturated carbocycles. The topological polar surface area (TPSA) is 70.4 Å². The van der Waals surface area contributed by atoms with Gasteiger partial charge in [0.2, 0.25) is 0 Å². The molecule has 26 heavy (non-hydrogen) atoms. The highest BCUT2D eigenvalue weighted by atomic mass is 16.5. The minimum Gasteiger partial charge on any atom is -0.288 e. The fraction of sp³-hybridized carbons (Fsp3) is 0.400. The Hall–Kier alpha value is -2.44. The van der Waals surface area contributed by atoms with Gasteiger partial charge in [0.25, 0.3) is 5.91 Å². The average Bonchev–Trinajstić information content (AvgIpc) is 3.21. The second-order valence-electron chi connectivity index (χ2n) is 7.15. The minimum absolute atomic E-state index is 0.433. The van der Waals surface area contributed by atoms with Crippen LogP contribution < -0.4 is 5.48 Å². The first kappa shape index (κ1) is 17.0. The van der Waals surface area contributed by atoms with Crippen LogP contribution in [0, 0.1) is 6.92 Å². The summed E-state index contributed by atoms with van der Waals surface area (Å²) in [5.41, 5.74) is 7.87. The number of nitrogens with one attached hydrogen (secondary N) is 1. The van der Waals surface area contributed by atoms with Gasteiger partial charge in [0.15, 0.2) is 0 Å². The van der Waals surface area contributed by atoms with Crippen molar-refractivity contribution in [3.63, 3.8) is 0 Å². The Kier molecular flexibility index (Phi) is 4.38. The number of rotatable bonds is 3. The summed E-state index contributed by atoms with van der Waals surface area (Å²) >= 11 is 0. The van der Waals surface area contributed by atoms with Crippen molar-refractivity contribution in [3.8, 4) is 0 Å². The molecule has 1 aromatic heterocycles. The smallest absolute Gasteiger partial charge is 0.267 e. The molecule has 0 bridgehead atoms. The molecule has 136 valence electrons. The van der Waals surface area contributed by atoms with Crippen LogP contribution in [0.2, 0.25) is 0 Å². The van der Waals surface area contributed by atoms with Crippen molar-refractivity contribution in [3.05, 3.63) is 58.4 Å². The van der Waals surface area contributed by atoms with Crippen molar-refractivity contribution in [1.29, 1.82) is 0 Å². The van der Waals surface area contributed by atoms with Crippen molar-refractivity contribution in [2.45, 2.75) is 38.3 Å². The SMILES string of the molecule is Cc1nn(C)c2c1CCN1C2CC[C@@H]1c1ccc(/C=C/C(=O)NO)cc1. The molecule has 4 rings (SSSR count). The molecule has 2 aliphatic rings. The van der Waals surface area contributed by atoms with Gasteiger partial charge in [-0.25, -0.2) is 5.48 Å². The predicted molar refractivity (Wildman–Crippen MR) is 98.5 cm³/mol. The molecule has 3 heterocycles. The number of amides is 1. The molecule has 2 aliphatic heterocycles. The van der Waals surface area contributed by atoms with Crippen molar-refractivity contribution in [2.75, 3.05) is 6.54 Å². The summed E-state index contributed by atoms with van der Waals surface area (Å²) < 4.78 is 2.07. The van der Waals surface area contributed by atoms with Gasteiger partial charge in [0.05, 0.1) is 17.4 Å². The maximum absolute atomic E-state index is 11.1. The maximum atomic E-state index is 11.1. The predicted octanol–water partition coefficient (Wildman–Crippen LogP) is 2.68. The summed E-state index contributed by atoms with van der Waals surface area (Å²) in [6, 6.07) is 9.23. The molecule has 1 fully saturated rings. The summed E-state index contributed by atoms with van der Waals surface area (Å²) in [5.74, 6) is -0.525. The van der Waals surface area contributed by atoms with Crippen LogP contribution in [-0.4, -0.2) is 32.3 Å². The van der Waals surface area contributed by atoms with Gasteiger partial charge >= 0.3 is 0 Å². The van der Waals surface area contributed by atoms with E-state index in [4.69, 9.17) is 5.21 Å². The molecule has 6 nitrogen and oxygen atoms in total. The van der Waals surface area contributed by atoms with Crippen LogP contribution in [0.5, 0.6) is 0 Å². The van der Waals surface area contributed by atoms with Gasteiger partial charge in [-0.15, -0.1) is 0 Å². The third kappa shape index (κ3) is 2.85. The highest BCUT2D eigenvalue weighted by molar-refractivity contribution is 5.90. The zero-order chi connectivity index (χ0) is 18.3. The summed E-state index contributed by atoms with van der Waals surface area (Å²) in [5, 5.41) is 13.2. The molecule has 2 atom stereocenters. The fourth-order valence-electron chi connectivity index (χ4n) is 4.55. The monoisotopic (exact) mass is 352 g/mol. The van der Waals surface area contributed by atoms with Crippen molar-refractivity contribution >= 4 is 12.0 Å². The van der Waals surface area contributed by atoms with Gasteiger partial charge in [-0.1, -0.05) is 24.3 Å². The van der Waals surface area contributed by atoms with Gasteiger partial charge in [0, 0.05) is 25.7 Å². The van der Waals surface area contributed by atoms with Crippen LogP contribution in [0.25, 0.3) is 6.08 Å². The number of aromatic nitrogens is 2. The number of carbonyl (C=O) groups excluding carboxylic acids is 1. The van der Waals surface area contributed by atoms with E-state index in [0.29, 0.717) is 12.1 Å². The number of carbonyl (C=O) groups is 1. The first-order chi connectivity index (χ1) is 12.6. The summed E-state index contributed by atoms with van der Waals surface area (Å²) in [6.07, 6.45) is 6.39. The second-order valence-corrected chi connectivity index (χ2v) is 7.15. The number of aryl methyl sites for hydroxylation is 2. The van der Waals surface area contributed by atoms with Crippen LogP contribution in [0.4, 0.5) is 0 Å². The van der Waals surface area contributed by atoms with E-state index >= 15 is 0 Å². The maximum Gasteiger partial charge on any atom is 0.267 e. The van der Waals surface area contributed by atoms with Gasteiger partial charge in [-0.05, 0) is 49.0 Å². The summed E-state index contributed by atoms with van der Waals surface area (Å²) in [6.45, 7) is 3.19. The molecular formula is C20H24N4O2. The van der Waals surface area contributed by atoms with Crippen LogP contribution in [-0.2, 0) is 18.3 Å². The van der Waals surface area contributed by atoms with Crippen LogP contribution >= 0.6 is 0 Å². The lowest BCUT2D eigenvalue weighted by Gasteiger charge is -2.34. The largest absolute Gasteiger partial charge is 0.288 e. The molecular weight excluding hydrogens is 328 g/mol. The van der Waals surface area contributed by atoms with E-state index in [1.165, 1.54) is 28.6 Å². The van der Waals surface area contributed by atoms with Crippen LogP contribution in [0.1, 0.15) is 53.0 Å². The summed E-state index contributed by atoms with van der Waals surface area (Å²) in [4.78, 5) is 13.7. The normalized spacial score (nSPS) is 22.4. The third-order valence-corrected chi connectivity index (χ3v) is 5.70. The van der Waals surface area contributed by atoms with E-state index in [2.05, 4.69) is 40.8 Å². The van der Waals surface area contributed by atoms with Gasteiger partial charge in [-0.3, -0.25) is 19.6 Å². The first-order valence-corrected chi connectivity index (χ1v) is 9.08. The Labute approximate surface area is 153 Å². The number of benzene rings is 1. The van der Waals surface area contributed by atoms with E-state index in [1.54, 1.807) is 11.6 Å². The Balaban J connectivity index is 1.54. The van der Waals surface area contributed by atoms with E-state index < -0.39 is 5.91 Å². The van der Waals surface area contributed by atoms with Crippen LogP contribution in [0.3, 0.4) is 0 Å². The Morgan fingerprint density at radius 3 is 2.73 bits per heavy atom. The molecule has 1 aromatic carbocycles. The van der Waals surface area contributed by atoms with Crippen molar-refractivity contribution < 1.29 is 10.0 Å². The standard InChI is InChI=1S/C20H24N4O2/c1-13-16-11-12-24-17(8-9-18(24)20(16)23(2)21-13)15-6-3-14(4-7-15)5-10-19(25)22-26/h3-7,10,17-18,26H,8-9,11-12H2,1-2H3,(H,22,25)/b10-5+/t17-,18?/m1/s1. The lowest BCUT2D eigenvalue weighted by Crippen LogP contribution is -2.33. The molecule has 2 N–H and O–H groups in total. The molecule has 0 spiro atoms. The number of hydroxylamine groups is 1. The lowest BCUT2D eigenvalue weighted by molar-refractivity contribution is -0.124. The minimum atomic E-state index is -0.525. The van der Waals surface area contributed by atoms with E-state index in [0.717, 1.165) is 31.4 Å². The fourth-order valence-corrected chi connectivity index (χ4v) is 4.55. The molecule has 2 aromatic rings. The quantitative estimate of drug-likeness (QED) is 0.506. The zero-order valence-corrected chi connectivity index (χ0v) is 15.1.